The SMILES string of the molecule is Cn1cncc1CCC(=O)N1CCS[C@H]2CCCC[C@@H]21. The molecule has 1 aliphatic heterocycles. The number of nitrogens with zero attached hydrogens (tertiary/aromatic N) is 3. The van der Waals surface area contributed by atoms with Gasteiger partial charge in [0.2, 0.25) is 5.91 Å². The lowest BCUT2D eigenvalue weighted by molar-refractivity contribution is -0.134. The molecule has 1 aromatic rings. The molecule has 20 heavy (non-hydrogen) atoms. The number of imidazole rings is 1. The Hall–Kier alpha value is -0.970. The average Bonchev–Trinajstić information content (AvgIpc) is 2.89. The molecule has 2 atom stereocenters. The Morgan fingerprint density at radius 3 is 3.10 bits per heavy atom. The minimum Gasteiger partial charge on any atom is -0.338 e. The maximum atomic E-state index is 12.5. The molecule has 2 aliphatic rings. The zero-order valence-electron chi connectivity index (χ0n) is 12.1. The Balaban J connectivity index is 1.59. The second kappa shape index (κ2) is 6.20. The summed E-state index contributed by atoms with van der Waals surface area (Å²) in [6, 6.07) is 0.501. The van der Waals surface area contributed by atoms with Crippen LogP contribution in [0.2, 0.25) is 0 Å². The maximum Gasteiger partial charge on any atom is 0.223 e. The van der Waals surface area contributed by atoms with Gasteiger partial charge < -0.3 is 9.47 Å². The Morgan fingerprint density at radius 1 is 1.45 bits per heavy atom. The normalized spacial score (nSPS) is 26.4. The predicted molar refractivity (Wildman–Crippen MR) is 81.7 cm³/mol. The van der Waals surface area contributed by atoms with Gasteiger partial charge in [-0.2, -0.15) is 11.8 Å². The molecule has 1 aliphatic carbocycles. The van der Waals surface area contributed by atoms with Crippen molar-refractivity contribution in [1.82, 2.24) is 14.5 Å². The molecule has 1 aromatic heterocycles. The summed E-state index contributed by atoms with van der Waals surface area (Å²) in [6.07, 6.45) is 10.2. The molecule has 2 fully saturated rings. The molecule has 0 unspecified atom stereocenters. The van der Waals surface area contributed by atoms with Crippen LogP contribution < -0.4 is 0 Å². The van der Waals surface area contributed by atoms with Crippen LogP contribution in [0, 0.1) is 0 Å². The van der Waals surface area contributed by atoms with Crippen LogP contribution in [0.4, 0.5) is 0 Å². The van der Waals surface area contributed by atoms with Gasteiger partial charge in [0.25, 0.3) is 0 Å². The highest BCUT2D eigenvalue weighted by molar-refractivity contribution is 8.00. The fraction of sp³-hybridized carbons (Fsp3) is 0.733. The molecule has 0 spiro atoms. The van der Waals surface area contributed by atoms with Crippen LogP contribution >= 0.6 is 11.8 Å². The van der Waals surface area contributed by atoms with Crippen LogP contribution in [0.3, 0.4) is 0 Å². The molecule has 5 heteroatoms. The van der Waals surface area contributed by atoms with E-state index in [1.54, 1.807) is 6.33 Å². The first kappa shape index (κ1) is 14.0. The summed E-state index contributed by atoms with van der Waals surface area (Å²) in [6.45, 7) is 0.941. The van der Waals surface area contributed by atoms with Crippen molar-refractivity contribution in [2.45, 2.75) is 49.8 Å². The molecule has 2 heterocycles. The van der Waals surface area contributed by atoms with Crippen molar-refractivity contribution in [3.8, 4) is 0 Å². The molecule has 0 aromatic carbocycles. The van der Waals surface area contributed by atoms with Gasteiger partial charge in [-0.05, 0) is 19.3 Å². The van der Waals surface area contributed by atoms with E-state index in [0.29, 0.717) is 23.6 Å². The first-order valence-corrected chi connectivity index (χ1v) is 8.67. The number of carbonyl (C=O) groups is 1. The summed E-state index contributed by atoms with van der Waals surface area (Å²) >= 11 is 2.08. The monoisotopic (exact) mass is 293 g/mol. The van der Waals surface area contributed by atoms with Crippen LogP contribution in [0.1, 0.15) is 37.8 Å². The van der Waals surface area contributed by atoms with Crippen molar-refractivity contribution in [3.63, 3.8) is 0 Å². The first-order valence-electron chi connectivity index (χ1n) is 7.62. The fourth-order valence-corrected chi connectivity index (χ4v) is 4.85. The van der Waals surface area contributed by atoms with E-state index < -0.39 is 0 Å². The molecule has 0 N–H and O–H groups in total. The van der Waals surface area contributed by atoms with Crippen LogP contribution in [0.5, 0.6) is 0 Å². The number of amides is 1. The van der Waals surface area contributed by atoms with Gasteiger partial charge in [-0.3, -0.25) is 4.79 Å². The van der Waals surface area contributed by atoms with Gasteiger partial charge in [-0.15, -0.1) is 0 Å². The van der Waals surface area contributed by atoms with Crippen molar-refractivity contribution in [2.75, 3.05) is 12.3 Å². The summed E-state index contributed by atoms with van der Waals surface area (Å²) in [5.74, 6) is 1.45. The van der Waals surface area contributed by atoms with Gasteiger partial charge in [0, 0.05) is 48.9 Å². The van der Waals surface area contributed by atoms with E-state index in [1.807, 2.05) is 17.8 Å². The minimum absolute atomic E-state index is 0.336. The number of fused-ring (bicyclic) bond motifs is 1. The van der Waals surface area contributed by atoms with Gasteiger partial charge in [0.05, 0.1) is 6.33 Å². The third-order valence-corrected chi connectivity index (χ3v) is 5.96. The predicted octanol–water partition coefficient (Wildman–Crippen LogP) is 2.24. The van der Waals surface area contributed by atoms with E-state index in [1.165, 1.54) is 25.7 Å². The van der Waals surface area contributed by atoms with Gasteiger partial charge in [0.1, 0.15) is 0 Å². The van der Waals surface area contributed by atoms with E-state index in [0.717, 1.165) is 24.4 Å². The summed E-state index contributed by atoms with van der Waals surface area (Å²) < 4.78 is 2.00. The molecular formula is C15H23N3OS. The lowest BCUT2D eigenvalue weighted by Gasteiger charge is -2.43. The Labute approximate surface area is 124 Å². The van der Waals surface area contributed by atoms with E-state index in [9.17, 15) is 4.79 Å². The van der Waals surface area contributed by atoms with Crippen molar-refractivity contribution < 1.29 is 4.79 Å². The highest BCUT2D eigenvalue weighted by atomic mass is 32.2. The number of aryl methyl sites for hydroxylation is 2. The highest BCUT2D eigenvalue weighted by Crippen LogP contribution is 2.35. The van der Waals surface area contributed by atoms with Crippen molar-refractivity contribution >= 4 is 17.7 Å². The van der Waals surface area contributed by atoms with E-state index in [4.69, 9.17) is 0 Å². The molecule has 4 nitrogen and oxygen atoms in total. The molecule has 1 amide bonds. The molecule has 0 radical (unpaired) electrons. The fourth-order valence-electron chi connectivity index (χ4n) is 3.41. The topological polar surface area (TPSA) is 38.1 Å². The number of rotatable bonds is 3. The number of thioether (sulfide) groups is 1. The van der Waals surface area contributed by atoms with Crippen LogP contribution in [-0.2, 0) is 18.3 Å². The van der Waals surface area contributed by atoms with Crippen molar-refractivity contribution in [2.24, 2.45) is 7.05 Å². The summed E-state index contributed by atoms with van der Waals surface area (Å²) in [7, 11) is 1.99. The maximum absolute atomic E-state index is 12.5. The molecule has 1 saturated heterocycles. The molecular weight excluding hydrogens is 270 g/mol. The molecule has 3 rings (SSSR count). The lowest BCUT2D eigenvalue weighted by atomic mass is 9.93. The van der Waals surface area contributed by atoms with Crippen LogP contribution in [-0.4, -0.2) is 43.9 Å². The number of carbonyl (C=O) groups excluding carboxylic acids is 1. The molecule has 1 saturated carbocycles. The van der Waals surface area contributed by atoms with E-state index in [2.05, 4.69) is 21.6 Å². The second-order valence-electron chi connectivity index (χ2n) is 5.84. The Bertz CT molecular complexity index is 471. The summed E-state index contributed by atoms with van der Waals surface area (Å²) in [5.41, 5.74) is 1.14. The minimum atomic E-state index is 0.336. The number of hydrogen-bond donors (Lipinski definition) is 0. The zero-order valence-corrected chi connectivity index (χ0v) is 12.9. The van der Waals surface area contributed by atoms with Crippen molar-refractivity contribution in [3.05, 3.63) is 18.2 Å². The third kappa shape index (κ3) is 2.87. The first-order chi connectivity index (χ1) is 9.75. The van der Waals surface area contributed by atoms with Crippen LogP contribution in [0.25, 0.3) is 0 Å². The molecule has 0 bridgehead atoms. The quantitative estimate of drug-likeness (QED) is 0.858. The van der Waals surface area contributed by atoms with Gasteiger partial charge >= 0.3 is 0 Å². The average molecular weight is 293 g/mol. The van der Waals surface area contributed by atoms with Gasteiger partial charge in [-0.25, -0.2) is 4.98 Å². The number of aromatic nitrogens is 2. The van der Waals surface area contributed by atoms with Gasteiger partial charge in [-0.1, -0.05) is 12.8 Å². The second-order valence-corrected chi connectivity index (χ2v) is 7.19. The lowest BCUT2D eigenvalue weighted by Crippen LogP contribution is -2.51. The van der Waals surface area contributed by atoms with E-state index >= 15 is 0 Å². The zero-order chi connectivity index (χ0) is 13.9. The van der Waals surface area contributed by atoms with Gasteiger partial charge in [0.15, 0.2) is 0 Å². The Morgan fingerprint density at radius 2 is 2.30 bits per heavy atom. The van der Waals surface area contributed by atoms with E-state index in [-0.39, 0.29) is 0 Å². The standard InChI is InChI=1S/C15H23N3OS/c1-17-11-16-10-12(17)6-7-15(19)18-8-9-20-14-5-3-2-4-13(14)18/h10-11,13-14H,2-9H2,1H3/t13-,14-/m0/s1. The smallest absolute Gasteiger partial charge is 0.223 e. The van der Waals surface area contributed by atoms with Crippen molar-refractivity contribution in [1.29, 1.82) is 0 Å². The third-order valence-electron chi connectivity index (χ3n) is 4.56. The highest BCUT2D eigenvalue weighted by Gasteiger charge is 2.35. The summed E-state index contributed by atoms with van der Waals surface area (Å²) in [5, 5.41) is 0.693. The largest absolute Gasteiger partial charge is 0.338 e. The number of hydrogen-bond acceptors (Lipinski definition) is 3. The summed E-state index contributed by atoms with van der Waals surface area (Å²) in [4.78, 5) is 18.8. The Kier molecular flexibility index (Phi) is 4.34. The van der Waals surface area contributed by atoms with Crippen LogP contribution in [0.15, 0.2) is 12.5 Å². The molecule has 110 valence electrons.